The van der Waals surface area contributed by atoms with E-state index in [0.717, 1.165) is 17.4 Å². The Balaban J connectivity index is 1.62. The number of nitrogens with two attached hydrogens (primary N) is 1. The second-order valence-corrected chi connectivity index (χ2v) is 10.5. The van der Waals surface area contributed by atoms with Crippen LogP contribution in [0.3, 0.4) is 0 Å². The number of carbonyl (C=O) groups is 1. The summed E-state index contributed by atoms with van der Waals surface area (Å²) in [5.41, 5.74) is 2.01. The number of sulfonamides is 1. The molecule has 1 aliphatic heterocycles. The number of halogens is 2. The normalized spacial score (nSPS) is 14.7. The van der Waals surface area contributed by atoms with Gasteiger partial charge in [-0.15, -0.1) is 0 Å². The third-order valence-corrected chi connectivity index (χ3v) is 8.13. The van der Waals surface area contributed by atoms with Crippen molar-refractivity contribution < 1.29 is 26.7 Å². The maximum absolute atomic E-state index is 14.3. The van der Waals surface area contributed by atoms with Crippen molar-refractivity contribution in [2.75, 3.05) is 30.0 Å². The quantitative estimate of drug-likeness (QED) is 0.541. The smallest absolute Gasteiger partial charge is 0.330 e. The van der Waals surface area contributed by atoms with Gasteiger partial charge in [-0.3, -0.25) is 9.80 Å². The molecule has 3 aromatic rings. The number of aryl methyl sites for hydroxylation is 1. The Morgan fingerprint density at radius 3 is 2.44 bits per heavy atom. The average molecular weight is 509 g/mol. The Bertz CT molecular complexity index is 1340. The number of rotatable bonds is 6. The van der Waals surface area contributed by atoms with Gasteiger partial charge in [0.2, 0.25) is 10.0 Å². The Kier molecular flexibility index (Phi) is 6.67. The van der Waals surface area contributed by atoms with Crippen LogP contribution in [0.1, 0.15) is 17.7 Å². The largest absolute Gasteiger partial charge is 0.380 e. The van der Waals surface area contributed by atoms with E-state index in [4.69, 9.17) is 9.88 Å². The molecule has 1 saturated heterocycles. The molecule has 1 fully saturated rings. The van der Waals surface area contributed by atoms with E-state index < -0.39 is 21.7 Å². The number of benzene rings is 2. The van der Waals surface area contributed by atoms with Gasteiger partial charge < -0.3 is 4.74 Å². The van der Waals surface area contributed by atoms with Gasteiger partial charge in [0, 0.05) is 37.5 Å². The fourth-order valence-electron chi connectivity index (χ4n) is 3.86. The molecule has 0 saturated carbocycles. The third kappa shape index (κ3) is 4.67. The Labute approximate surface area is 199 Å². The first kappa shape index (κ1) is 24.2. The zero-order chi connectivity index (χ0) is 24.6. The number of methoxy groups -OCH3 is 1. The summed E-state index contributed by atoms with van der Waals surface area (Å²) >= 11 is 0.854. The summed E-state index contributed by atoms with van der Waals surface area (Å²) in [6, 6.07) is 8.45. The molecule has 180 valence electrons. The zero-order valence-corrected chi connectivity index (χ0v) is 20.0. The third-order valence-electron chi connectivity index (χ3n) is 5.40. The van der Waals surface area contributed by atoms with Crippen LogP contribution in [-0.4, -0.2) is 39.6 Å². The van der Waals surface area contributed by atoms with E-state index in [0.29, 0.717) is 36.3 Å². The Morgan fingerprint density at radius 2 is 1.82 bits per heavy atom. The average Bonchev–Trinajstić information content (AvgIpc) is 3.18. The molecular weight excluding hydrogens is 486 g/mol. The Hall–Kier alpha value is -2.93. The van der Waals surface area contributed by atoms with Crippen LogP contribution in [0.5, 0.6) is 0 Å². The number of carbonyl (C=O) groups excluding carboxylic acids is 1. The minimum absolute atomic E-state index is 0.0174. The van der Waals surface area contributed by atoms with E-state index in [9.17, 15) is 22.0 Å². The molecule has 34 heavy (non-hydrogen) atoms. The van der Waals surface area contributed by atoms with Crippen LogP contribution >= 0.6 is 11.3 Å². The van der Waals surface area contributed by atoms with Gasteiger partial charge in [0.1, 0.15) is 11.6 Å². The van der Waals surface area contributed by atoms with Gasteiger partial charge >= 0.3 is 6.03 Å². The second kappa shape index (κ2) is 9.37. The van der Waals surface area contributed by atoms with E-state index in [1.165, 1.54) is 25.0 Å². The molecule has 0 atom stereocenters. The van der Waals surface area contributed by atoms with Crippen molar-refractivity contribution in [2.24, 2.45) is 5.14 Å². The van der Waals surface area contributed by atoms with Gasteiger partial charge in [0.25, 0.3) is 0 Å². The standard InChI is InChI=1S/C22H22F2N4O4S2/c1-13-20(34(25,30)31)33-21(26-13)28-9-3-8-27(22(28)29)16-6-4-14(5-7-16)17-10-15(23)11-19(24)18(17)12-32-2/h4-7,10-11H,3,8-9,12H2,1-2H3,(H2,25,30,31). The molecule has 0 aliphatic carbocycles. The summed E-state index contributed by atoms with van der Waals surface area (Å²) in [4.78, 5) is 20.4. The van der Waals surface area contributed by atoms with Crippen molar-refractivity contribution in [3.05, 3.63) is 59.3 Å². The minimum atomic E-state index is -3.94. The van der Waals surface area contributed by atoms with Crippen molar-refractivity contribution in [2.45, 2.75) is 24.2 Å². The van der Waals surface area contributed by atoms with Gasteiger partial charge in [0.05, 0.1) is 12.3 Å². The van der Waals surface area contributed by atoms with Crippen LogP contribution in [0, 0.1) is 18.6 Å². The topological polar surface area (TPSA) is 106 Å². The van der Waals surface area contributed by atoms with Crippen LogP contribution in [0.2, 0.25) is 0 Å². The van der Waals surface area contributed by atoms with E-state index >= 15 is 0 Å². The van der Waals surface area contributed by atoms with Crippen molar-refractivity contribution in [3.63, 3.8) is 0 Å². The molecule has 12 heteroatoms. The number of thiazole rings is 1. The second-order valence-electron chi connectivity index (χ2n) is 7.75. The number of aromatic nitrogens is 1. The van der Waals surface area contributed by atoms with Crippen molar-refractivity contribution in [1.82, 2.24) is 4.98 Å². The lowest BCUT2D eigenvalue weighted by molar-refractivity contribution is 0.181. The lowest BCUT2D eigenvalue weighted by atomic mass is 9.99. The predicted molar refractivity (Wildman–Crippen MR) is 125 cm³/mol. The van der Waals surface area contributed by atoms with E-state index in [1.54, 1.807) is 29.2 Å². The molecular formula is C22H22F2N4O4S2. The van der Waals surface area contributed by atoms with Gasteiger partial charge in [-0.1, -0.05) is 23.5 Å². The van der Waals surface area contributed by atoms with Crippen LogP contribution in [0.4, 0.5) is 24.4 Å². The number of primary sulfonamides is 1. The van der Waals surface area contributed by atoms with Gasteiger partial charge in [-0.25, -0.2) is 32.1 Å². The highest BCUT2D eigenvalue weighted by Gasteiger charge is 2.31. The summed E-state index contributed by atoms with van der Waals surface area (Å²) in [7, 11) is -2.51. The number of amides is 2. The maximum Gasteiger partial charge on any atom is 0.330 e. The number of ether oxygens (including phenoxy) is 1. The molecule has 0 radical (unpaired) electrons. The van der Waals surface area contributed by atoms with Crippen LogP contribution in [0.25, 0.3) is 11.1 Å². The summed E-state index contributed by atoms with van der Waals surface area (Å²) in [5.74, 6) is -1.39. The van der Waals surface area contributed by atoms with Crippen LogP contribution in [0.15, 0.2) is 40.6 Å². The molecule has 2 aromatic carbocycles. The summed E-state index contributed by atoms with van der Waals surface area (Å²) in [5, 5.41) is 5.49. The molecule has 2 heterocycles. The molecule has 1 aromatic heterocycles. The number of urea groups is 1. The molecule has 2 N–H and O–H groups in total. The first-order chi connectivity index (χ1) is 16.1. The van der Waals surface area contributed by atoms with Gasteiger partial charge in [-0.05, 0) is 42.7 Å². The van der Waals surface area contributed by atoms with Crippen LogP contribution < -0.4 is 14.9 Å². The number of anilines is 2. The molecule has 0 unspecified atom stereocenters. The molecule has 0 bridgehead atoms. The van der Waals surface area contributed by atoms with E-state index in [-0.39, 0.29) is 33.2 Å². The predicted octanol–water partition coefficient (Wildman–Crippen LogP) is 4.03. The maximum atomic E-state index is 14.3. The molecule has 2 amide bonds. The van der Waals surface area contributed by atoms with Gasteiger partial charge in [-0.2, -0.15) is 0 Å². The zero-order valence-electron chi connectivity index (χ0n) is 18.4. The van der Waals surface area contributed by atoms with Crippen molar-refractivity contribution in [3.8, 4) is 11.1 Å². The highest BCUT2D eigenvalue weighted by Crippen LogP contribution is 2.33. The first-order valence-corrected chi connectivity index (χ1v) is 12.6. The lowest BCUT2D eigenvalue weighted by Crippen LogP contribution is -2.49. The molecule has 1 aliphatic rings. The number of hydrogen-bond donors (Lipinski definition) is 1. The fraction of sp³-hybridized carbons (Fsp3) is 0.273. The Morgan fingerprint density at radius 1 is 1.15 bits per heavy atom. The molecule has 0 spiro atoms. The summed E-state index contributed by atoms with van der Waals surface area (Å²) < 4.78 is 56.6. The monoisotopic (exact) mass is 508 g/mol. The molecule has 8 nitrogen and oxygen atoms in total. The number of hydrogen-bond acceptors (Lipinski definition) is 6. The highest BCUT2D eigenvalue weighted by molar-refractivity contribution is 7.91. The van der Waals surface area contributed by atoms with Crippen molar-refractivity contribution >= 4 is 38.2 Å². The van der Waals surface area contributed by atoms with Crippen molar-refractivity contribution in [1.29, 1.82) is 0 Å². The van der Waals surface area contributed by atoms with E-state index in [1.807, 2.05) is 0 Å². The molecule has 4 rings (SSSR count). The SMILES string of the molecule is COCc1c(F)cc(F)cc1-c1ccc(N2CCCN(c3nc(C)c(S(N)(=O)=O)s3)C2=O)cc1. The highest BCUT2D eigenvalue weighted by atomic mass is 32.2. The summed E-state index contributed by atoms with van der Waals surface area (Å²) in [6.45, 7) is 2.34. The summed E-state index contributed by atoms with van der Waals surface area (Å²) in [6.07, 6.45) is 0.629. The fourth-order valence-corrected chi connectivity index (χ4v) is 5.83. The minimum Gasteiger partial charge on any atom is -0.380 e. The lowest BCUT2D eigenvalue weighted by Gasteiger charge is -2.34. The van der Waals surface area contributed by atoms with Gasteiger partial charge in [0.15, 0.2) is 9.34 Å². The number of nitrogens with zero attached hydrogens (tertiary/aromatic N) is 3. The first-order valence-electron chi connectivity index (χ1n) is 10.3. The van der Waals surface area contributed by atoms with E-state index in [2.05, 4.69) is 4.98 Å². The van der Waals surface area contributed by atoms with Crippen LogP contribution in [-0.2, 0) is 21.4 Å².